The molecule has 1 fully saturated rings. The molecule has 2 aromatic rings. The lowest BCUT2D eigenvalue weighted by molar-refractivity contribution is 0.348. The summed E-state index contributed by atoms with van der Waals surface area (Å²) >= 11 is 4.51. The van der Waals surface area contributed by atoms with Crippen molar-refractivity contribution in [1.82, 2.24) is 0 Å². The van der Waals surface area contributed by atoms with E-state index in [0.29, 0.717) is 5.92 Å². The minimum atomic E-state index is -0.388. The summed E-state index contributed by atoms with van der Waals surface area (Å²) in [6.07, 6.45) is 9.18. The van der Waals surface area contributed by atoms with Gasteiger partial charge in [0.15, 0.2) is 0 Å². The van der Waals surface area contributed by atoms with Gasteiger partial charge in [0.1, 0.15) is 11.5 Å². The summed E-state index contributed by atoms with van der Waals surface area (Å²) in [5.74, 6) is 1.19. The first-order valence-corrected chi connectivity index (χ1v) is 9.22. The monoisotopic (exact) mass is 351 g/mol. The lowest BCUT2D eigenvalue weighted by Gasteiger charge is -2.26. The average molecular weight is 351 g/mol. The van der Waals surface area contributed by atoms with E-state index in [1.807, 2.05) is 18.2 Å². The van der Waals surface area contributed by atoms with E-state index < -0.39 is 0 Å². The normalized spacial score (nSPS) is 20.4. The number of halogens is 1. The molecule has 0 heterocycles. The van der Waals surface area contributed by atoms with E-state index in [9.17, 15) is 4.39 Å². The van der Waals surface area contributed by atoms with Crippen molar-refractivity contribution in [3.05, 3.63) is 65.0 Å². The molecule has 0 radical (unpaired) electrons. The second kappa shape index (κ2) is 8.33. The maximum absolute atomic E-state index is 13.8. The molecule has 0 unspecified atom stereocenters. The van der Waals surface area contributed by atoms with Crippen LogP contribution < -0.4 is 0 Å². The van der Waals surface area contributed by atoms with E-state index in [-0.39, 0.29) is 11.5 Å². The third-order valence-electron chi connectivity index (χ3n) is 5.03. The smallest absolute Gasteiger partial charge is 0.150 e. The van der Waals surface area contributed by atoms with Gasteiger partial charge in [0.05, 0.1) is 5.16 Å². The van der Waals surface area contributed by atoms with Crippen LogP contribution in [0.3, 0.4) is 0 Å². The van der Waals surface area contributed by atoms with E-state index in [1.54, 1.807) is 6.07 Å². The predicted octanol–water partition coefficient (Wildman–Crippen LogP) is 7.02. The van der Waals surface area contributed by atoms with Gasteiger partial charge in [-0.25, -0.2) is 4.39 Å². The number of hydrogen-bond acceptors (Lipinski definition) is 2. The minimum absolute atomic E-state index is 0.221. The van der Waals surface area contributed by atoms with Crippen LogP contribution in [0.5, 0.6) is 0 Å². The Kier molecular flexibility index (Phi) is 5.91. The number of hydrogen-bond donors (Lipinski definition) is 0. The first-order valence-electron chi connectivity index (χ1n) is 8.81. The number of aliphatic imine (C=N–C) groups is 1. The van der Waals surface area contributed by atoms with Crippen LogP contribution in [0.1, 0.15) is 55.2 Å². The Bertz CT molecular complexity index is 795. The lowest BCUT2D eigenvalue weighted by atomic mass is 9.79. The maximum atomic E-state index is 13.8. The zero-order chi connectivity index (χ0) is 17.6. The Hall–Kier alpha value is -2.09. The van der Waals surface area contributed by atoms with Gasteiger partial charge >= 0.3 is 0 Å². The van der Waals surface area contributed by atoms with Gasteiger partial charge < -0.3 is 0 Å². The first kappa shape index (κ1) is 17.7. The molecule has 1 saturated carbocycles. The van der Waals surface area contributed by atoms with Crippen LogP contribution in [0.25, 0.3) is 12.2 Å². The molecule has 128 valence electrons. The van der Waals surface area contributed by atoms with Crippen LogP contribution in [-0.2, 0) is 0 Å². The summed E-state index contributed by atoms with van der Waals surface area (Å²) in [6, 6.07) is 13.6. The second-order valence-electron chi connectivity index (χ2n) is 6.87. The maximum Gasteiger partial charge on any atom is 0.150 e. The fraction of sp³-hybridized carbons (Fsp3) is 0.318. The Morgan fingerprint density at radius 1 is 1.00 bits per heavy atom. The van der Waals surface area contributed by atoms with Crippen LogP contribution in [0.4, 0.5) is 10.1 Å². The molecule has 0 spiro atoms. The van der Waals surface area contributed by atoms with E-state index in [4.69, 9.17) is 0 Å². The molecule has 0 aliphatic heterocycles. The molecule has 2 aromatic carbocycles. The van der Waals surface area contributed by atoms with Crippen molar-refractivity contribution in [2.75, 3.05) is 0 Å². The van der Waals surface area contributed by atoms with Gasteiger partial charge in [0.2, 0.25) is 0 Å². The SMILES string of the molecule is CC1CCC(c2ccc(C=Cc3ccc(N=C=S)c(F)c3)cc2)CC1. The molecule has 1 aliphatic rings. The Morgan fingerprint density at radius 2 is 1.64 bits per heavy atom. The van der Waals surface area contributed by atoms with Gasteiger partial charge in [-0.3, -0.25) is 0 Å². The van der Waals surface area contributed by atoms with E-state index in [2.05, 4.69) is 53.6 Å². The van der Waals surface area contributed by atoms with Crippen LogP contribution >= 0.6 is 12.2 Å². The van der Waals surface area contributed by atoms with Crippen molar-refractivity contribution in [1.29, 1.82) is 0 Å². The largest absolute Gasteiger partial charge is 0.205 e. The second-order valence-corrected chi connectivity index (χ2v) is 7.05. The molecule has 0 atom stereocenters. The third kappa shape index (κ3) is 4.72. The van der Waals surface area contributed by atoms with Crippen molar-refractivity contribution >= 4 is 35.2 Å². The average Bonchev–Trinajstić information content (AvgIpc) is 2.63. The van der Waals surface area contributed by atoms with Gasteiger partial charge in [-0.05, 0) is 65.7 Å². The van der Waals surface area contributed by atoms with Gasteiger partial charge in [-0.1, -0.05) is 62.2 Å². The summed E-state index contributed by atoms with van der Waals surface area (Å²) in [4.78, 5) is 3.69. The van der Waals surface area contributed by atoms with Crippen LogP contribution in [0.2, 0.25) is 0 Å². The number of benzene rings is 2. The zero-order valence-electron chi connectivity index (χ0n) is 14.4. The molecule has 1 aliphatic carbocycles. The van der Waals surface area contributed by atoms with Gasteiger partial charge in [0.25, 0.3) is 0 Å². The quantitative estimate of drug-likeness (QED) is 0.327. The summed E-state index contributed by atoms with van der Waals surface area (Å²) in [5, 5.41) is 2.19. The van der Waals surface area contributed by atoms with Crippen molar-refractivity contribution in [2.45, 2.75) is 38.5 Å². The third-order valence-corrected chi connectivity index (χ3v) is 5.12. The van der Waals surface area contributed by atoms with Crippen LogP contribution in [-0.4, -0.2) is 5.16 Å². The molecule has 0 amide bonds. The van der Waals surface area contributed by atoms with Crippen molar-refractivity contribution in [3.8, 4) is 0 Å². The highest BCUT2D eigenvalue weighted by Crippen LogP contribution is 2.35. The highest BCUT2D eigenvalue weighted by atomic mass is 32.1. The fourth-order valence-corrected chi connectivity index (χ4v) is 3.53. The first-order chi connectivity index (χ1) is 12.2. The van der Waals surface area contributed by atoms with Gasteiger partial charge in [0, 0.05) is 0 Å². The molecular formula is C22H22FNS. The summed E-state index contributed by atoms with van der Waals surface area (Å²) < 4.78 is 13.8. The van der Waals surface area contributed by atoms with E-state index >= 15 is 0 Å². The standard InChI is InChI=1S/C22H22FNS/c1-16-2-9-19(10-3-16)20-11-6-17(7-12-20)4-5-18-8-13-22(24-15-25)21(23)14-18/h4-8,11-14,16,19H,2-3,9-10H2,1H3. The van der Waals surface area contributed by atoms with Gasteiger partial charge in [-0.2, -0.15) is 4.99 Å². The summed E-state index contributed by atoms with van der Waals surface area (Å²) in [6.45, 7) is 2.35. The minimum Gasteiger partial charge on any atom is -0.205 e. The highest BCUT2D eigenvalue weighted by Gasteiger charge is 2.19. The Labute approximate surface area is 154 Å². The molecule has 0 N–H and O–H groups in total. The molecule has 3 rings (SSSR count). The zero-order valence-corrected chi connectivity index (χ0v) is 15.2. The fourth-order valence-electron chi connectivity index (χ4n) is 3.43. The van der Waals surface area contributed by atoms with Crippen LogP contribution in [0, 0.1) is 11.7 Å². The van der Waals surface area contributed by atoms with Crippen LogP contribution in [0.15, 0.2) is 47.5 Å². The van der Waals surface area contributed by atoms with E-state index in [1.165, 1.54) is 37.3 Å². The molecule has 1 nitrogen and oxygen atoms in total. The van der Waals surface area contributed by atoms with Gasteiger partial charge in [-0.15, -0.1) is 0 Å². The van der Waals surface area contributed by atoms with E-state index in [0.717, 1.165) is 17.0 Å². The molecule has 0 aromatic heterocycles. The molecule has 0 saturated heterocycles. The Balaban J connectivity index is 1.67. The highest BCUT2D eigenvalue weighted by molar-refractivity contribution is 7.78. The Morgan fingerprint density at radius 3 is 2.28 bits per heavy atom. The number of nitrogens with zero attached hydrogens (tertiary/aromatic N) is 1. The number of thiocarbonyl (C=S) groups is 1. The topological polar surface area (TPSA) is 12.4 Å². The predicted molar refractivity (Wildman–Crippen MR) is 107 cm³/mol. The summed E-state index contributed by atoms with van der Waals surface area (Å²) in [5.41, 5.74) is 3.58. The molecular weight excluding hydrogens is 329 g/mol. The molecule has 0 bridgehead atoms. The van der Waals surface area contributed by atoms with Crippen molar-refractivity contribution in [3.63, 3.8) is 0 Å². The number of rotatable bonds is 4. The van der Waals surface area contributed by atoms with Crippen molar-refractivity contribution < 1.29 is 4.39 Å². The molecule has 3 heteroatoms. The molecule has 25 heavy (non-hydrogen) atoms. The summed E-state index contributed by atoms with van der Waals surface area (Å²) in [7, 11) is 0. The lowest BCUT2D eigenvalue weighted by Crippen LogP contribution is -2.10. The van der Waals surface area contributed by atoms with Crippen molar-refractivity contribution in [2.24, 2.45) is 10.9 Å². The number of isothiocyanates is 1.